The molecule has 1 aliphatic heterocycles. The van der Waals surface area contributed by atoms with Crippen LogP contribution in [0.1, 0.15) is 18.4 Å². The summed E-state index contributed by atoms with van der Waals surface area (Å²) in [5.41, 5.74) is 3.12. The molecule has 0 aliphatic carbocycles. The number of amides is 1. The first-order valence-corrected chi connectivity index (χ1v) is 13.6. The first-order chi connectivity index (χ1) is 20.5. The van der Waals surface area contributed by atoms with E-state index >= 15 is 0 Å². The van der Waals surface area contributed by atoms with Crippen LogP contribution in [0.15, 0.2) is 55.4 Å². The number of hydrogen-bond acceptors (Lipinski definition) is 11. The number of likely N-dealkylation sites (N-methyl/N-ethyl adjacent to an activating group) is 1. The van der Waals surface area contributed by atoms with Crippen LogP contribution in [0.2, 0.25) is 0 Å². The molecule has 6 rings (SSSR count). The highest BCUT2D eigenvalue weighted by molar-refractivity contribution is 5.93. The number of fused-ring (bicyclic) bond motifs is 2. The number of carbonyl (C=O) groups is 1. The fourth-order valence-corrected chi connectivity index (χ4v) is 4.92. The molecule has 13 nitrogen and oxygen atoms in total. The average Bonchev–Trinajstić information content (AvgIpc) is 3.47. The zero-order valence-electron chi connectivity index (χ0n) is 23.6. The highest BCUT2D eigenvalue weighted by atomic mass is 16.5. The van der Waals surface area contributed by atoms with Crippen LogP contribution >= 0.6 is 0 Å². The summed E-state index contributed by atoms with van der Waals surface area (Å²) in [5.74, 6) is 3.00. The maximum atomic E-state index is 11.7. The van der Waals surface area contributed by atoms with Crippen molar-refractivity contribution in [3.8, 4) is 23.1 Å². The Balaban J connectivity index is 1.19. The van der Waals surface area contributed by atoms with Crippen molar-refractivity contribution in [2.75, 3.05) is 39.1 Å². The molecule has 2 aromatic carbocycles. The topological polar surface area (TPSA) is 141 Å². The predicted octanol–water partition coefficient (Wildman–Crippen LogP) is 3.51. The number of benzene rings is 2. The van der Waals surface area contributed by atoms with Gasteiger partial charge in [0.15, 0.2) is 17.1 Å². The van der Waals surface area contributed by atoms with Crippen molar-refractivity contribution in [2.24, 2.45) is 0 Å². The Kier molecular flexibility index (Phi) is 7.64. The van der Waals surface area contributed by atoms with E-state index < -0.39 is 0 Å². The summed E-state index contributed by atoms with van der Waals surface area (Å²) >= 11 is 0. The molecule has 4 heterocycles. The molecule has 1 aliphatic rings. The maximum absolute atomic E-state index is 11.7. The van der Waals surface area contributed by atoms with Crippen molar-refractivity contribution in [1.29, 1.82) is 0 Å². The number of nitrogens with one attached hydrogen (secondary N) is 2. The van der Waals surface area contributed by atoms with Gasteiger partial charge in [0.2, 0.25) is 11.8 Å². The molecule has 216 valence electrons. The van der Waals surface area contributed by atoms with Crippen LogP contribution in [-0.4, -0.2) is 80.3 Å². The van der Waals surface area contributed by atoms with Gasteiger partial charge < -0.3 is 24.8 Å². The van der Waals surface area contributed by atoms with Crippen molar-refractivity contribution < 1.29 is 19.0 Å². The molecule has 0 unspecified atom stereocenters. The fourth-order valence-electron chi connectivity index (χ4n) is 4.92. The minimum Gasteiger partial charge on any atom is -0.493 e. The third-order valence-corrected chi connectivity index (χ3v) is 7.21. The third kappa shape index (κ3) is 5.86. The second-order valence-corrected chi connectivity index (χ2v) is 10.0. The smallest absolute Gasteiger partial charge is 0.233 e. The van der Waals surface area contributed by atoms with Gasteiger partial charge in [-0.2, -0.15) is 0 Å². The lowest BCUT2D eigenvalue weighted by molar-refractivity contribution is -0.122. The van der Waals surface area contributed by atoms with Crippen molar-refractivity contribution in [2.45, 2.75) is 25.9 Å². The quantitative estimate of drug-likeness (QED) is 0.269. The third-order valence-electron chi connectivity index (χ3n) is 7.21. The molecular formula is C29H31N9O4. The standard InChI is InChI=1S/C29H31N9O4/c1-18-10-19(4-5-23(18)42-28-13-26-36-34-17-38(26)16-33-28)35-29-21-11-25(24(40-3)12-22(21)31-15-32-29)41-20-6-8-37(9-7-20)14-27(39)30-2/h4-5,10-13,15-17,20H,6-9,14H2,1-3H3,(H,30,39)(H,31,32,35). The van der Waals surface area contributed by atoms with Gasteiger partial charge in [-0.15, -0.1) is 10.2 Å². The van der Waals surface area contributed by atoms with Crippen LogP contribution in [-0.2, 0) is 4.79 Å². The molecule has 1 amide bonds. The van der Waals surface area contributed by atoms with Gasteiger partial charge >= 0.3 is 0 Å². The number of ether oxygens (including phenoxy) is 3. The number of carbonyl (C=O) groups excluding carboxylic acids is 1. The number of aromatic nitrogens is 6. The summed E-state index contributed by atoms with van der Waals surface area (Å²) in [7, 11) is 3.27. The van der Waals surface area contributed by atoms with Gasteiger partial charge in [0.1, 0.15) is 36.7 Å². The Hall–Kier alpha value is -5.04. The SMILES string of the molecule is CNC(=O)CN1CCC(Oc2cc3c(Nc4ccc(Oc5cc6nncn6cn5)c(C)c4)ncnc3cc2OC)CC1. The number of rotatable bonds is 9. The van der Waals surface area contributed by atoms with E-state index in [2.05, 4.69) is 40.7 Å². The number of anilines is 2. The van der Waals surface area contributed by atoms with Gasteiger partial charge in [0.05, 0.1) is 19.2 Å². The lowest BCUT2D eigenvalue weighted by Gasteiger charge is -2.31. The molecule has 0 radical (unpaired) electrons. The lowest BCUT2D eigenvalue weighted by atomic mass is 10.1. The van der Waals surface area contributed by atoms with Crippen LogP contribution in [0.3, 0.4) is 0 Å². The van der Waals surface area contributed by atoms with Crippen LogP contribution in [0.5, 0.6) is 23.1 Å². The summed E-state index contributed by atoms with van der Waals surface area (Å²) in [5, 5.41) is 14.8. The summed E-state index contributed by atoms with van der Waals surface area (Å²) < 4.78 is 19.8. The minimum atomic E-state index is 0.00785. The summed E-state index contributed by atoms with van der Waals surface area (Å²) in [6, 6.07) is 11.3. The number of aryl methyl sites for hydroxylation is 1. The van der Waals surface area contributed by atoms with Gasteiger partial charge in [0, 0.05) is 43.3 Å². The second kappa shape index (κ2) is 11.8. The molecular weight excluding hydrogens is 538 g/mol. The Bertz CT molecular complexity index is 1730. The highest BCUT2D eigenvalue weighted by Gasteiger charge is 2.23. The molecule has 2 N–H and O–H groups in total. The molecule has 5 aromatic rings. The fraction of sp³-hybridized carbons (Fsp3) is 0.310. The number of methoxy groups -OCH3 is 1. The van der Waals surface area contributed by atoms with E-state index in [0.717, 1.165) is 48.1 Å². The first-order valence-electron chi connectivity index (χ1n) is 13.6. The zero-order valence-corrected chi connectivity index (χ0v) is 23.6. The molecule has 3 aromatic heterocycles. The van der Waals surface area contributed by atoms with Gasteiger partial charge in [-0.3, -0.25) is 14.1 Å². The highest BCUT2D eigenvalue weighted by Crippen LogP contribution is 2.37. The van der Waals surface area contributed by atoms with E-state index in [1.165, 1.54) is 6.33 Å². The van der Waals surface area contributed by atoms with E-state index in [1.54, 1.807) is 37.3 Å². The van der Waals surface area contributed by atoms with Crippen molar-refractivity contribution in [1.82, 2.24) is 39.8 Å². The van der Waals surface area contributed by atoms with Crippen LogP contribution in [0.4, 0.5) is 11.5 Å². The Morgan fingerprint density at radius 1 is 1.02 bits per heavy atom. The summed E-state index contributed by atoms with van der Waals surface area (Å²) in [6.07, 6.45) is 6.34. The van der Waals surface area contributed by atoms with Gasteiger partial charge in [-0.25, -0.2) is 15.0 Å². The molecule has 1 saturated heterocycles. The van der Waals surface area contributed by atoms with Crippen LogP contribution in [0, 0.1) is 6.92 Å². The summed E-state index contributed by atoms with van der Waals surface area (Å²) in [6.45, 7) is 3.94. The molecule has 0 bridgehead atoms. The van der Waals surface area contributed by atoms with Gasteiger partial charge in [-0.1, -0.05) is 0 Å². The predicted molar refractivity (Wildman–Crippen MR) is 156 cm³/mol. The lowest BCUT2D eigenvalue weighted by Crippen LogP contribution is -2.43. The van der Waals surface area contributed by atoms with Crippen molar-refractivity contribution in [3.63, 3.8) is 0 Å². The average molecular weight is 570 g/mol. The Morgan fingerprint density at radius 2 is 1.88 bits per heavy atom. The van der Waals surface area contributed by atoms with E-state index in [4.69, 9.17) is 14.2 Å². The molecule has 1 fully saturated rings. The number of hydrogen-bond donors (Lipinski definition) is 2. The van der Waals surface area contributed by atoms with Crippen molar-refractivity contribution >= 4 is 34.0 Å². The summed E-state index contributed by atoms with van der Waals surface area (Å²) in [4.78, 5) is 27.1. The number of nitrogens with zero attached hydrogens (tertiary/aromatic N) is 7. The molecule has 42 heavy (non-hydrogen) atoms. The molecule has 0 saturated carbocycles. The van der Waals surface area contributed by atoms with Gasteiger partial charge in [0.25, 0.3) is 0 Å². The molecule has 0 spiro atoms. The first kappa shape index (κ1) is 27.1. The number of piperidine rings is 1. The van der Waals surface area contributed by atoms with Crippen LogP contribution < -0.4 is 24.8 Å². The van der Waals surface area contributed by atoms with E-state index in [0.29, 0.717) is 41.1 Å². The molecule has 13 heteroatoms. The zero-order chi connectivity index (χ0) is 29.1. The van der Waals surface area contributed by atoms with Crippen LogP contribution in [0.25, 0.3) is 16.6 Å². The Labute approximate surface area is 241 Å². The van der Waals surface area contributed by atoms with Crippen molar-refractivity contribution in [3.05, 3.63) is 60.9 Å². The molecule has 0 atom stereocenters. The Morgan fingerprint density at radius 3 is 2.67 bits per heavy atom. The van der Waals surface area contributed by atoms with E-state index in [9.17, 15) is 4.79 Å². The monoisotopic (exact) mass is 569 g/mol. The largest absolute Gasteiger partial charge is 0.493 e. The maximum Gasteiger partial charge on any atom is 0.233 e. The van der Waals surface area contributed by atoms with Gasteiger partial charge in [-0.05, 0) is 49.6 Å². The normalized spacial score (nSPS) is 14.2. The number of likely N-dealkylation sites (tertiary alicyclic amines) is 1. The van der Waals surface area contributed by atoms with E-state index in [1.807, 2.05) is 37.3 Å². The minimum absolute atomic E-state index is 0.00785. The van der Waals surface area contributed by atoms with E-state index in [-0.39, 0.29) is 12.0 Å². The second-order valence-electron chi connectivity index (χ2n) is 10.0.